The van der Waals surface area contributed by atoms with Crippen molar-refractivity contribution >= 4 is 23.1 Å². The molecule has 2 heterocycles. The Kier molecular flexibility index (Phi) is 7.61. The van der Waals surface area contributed by atoms with Gasteiger partial charge in [-0.05, 0) is 55.7 Å². The number of halogens is 1. The number of anilines is 2. The number of aryl methyl sites for hydroxylation is 3. The van der Waals surface area contributed by atoms with Gasteiger partial charge >= 0.3 is 0 Å². The lowest BCUT2D eigenvalue weighted by Crippen LogP contribution is -2.22. The summed E-state index contributed by atoms with van der Waals surface area (Å²) in [5.41, 5.74) is 10.4. The highest BCUT2D eigenvalue weighted by Gasteiger charge is 2.23. The zero-order chi connectivity index (χ0) is 26.7. The van der Waals surface area contributed by atoms with Crippen LogP contribution in [0, 0.1) is 26.6 Å². The molecular formula is C27H29FN4O5. The zero-order valence-electron chi connectivity index (χ0n) is 20.8. The third-order valence-electron chi connectivity index (χ3n) is 5.84. The van der Waals surface area contributed by atoms with E-state index >= 15 is 0 Å². The maximum Gasteiger partial charge on any atom is 0.255 e. The van der Waals surface area contributed by atoms with Crippen LogP contribution < -0.4 is 20.5 Å². The second-order valence-corrected chi connectivity index (χ2v) is 8.79. The SMILES string of the molecule is Cc1cccc(C)c1Nc1c(-c2c(C)cc(OCC(O)CO)cc2OCC(N)=O)nc2ccc(F)cn12. The van der Waals surface area contributed by atoms with Crippen molar-refractivity contribution in [3.05, 3.63) is 71.2 Å². The first-order valence-electron chi connectivity index (χ1n) is 11.7. The van der Waals surface area contributed by atoms with Crippen LogP contribution in [0.15, 0.2) is 48.7 Å². The number of benzene rings is 2. The van der Waals surface area contributed by atoms with Crippen molar-refractivity contribution in [2.24, 2.45) is 5.73 Å². The first kappa shape index (κ1) is 25.9. The Bertz CT molecular complexity index is 1430. The maximum absolute atomic E-state index is 14.3. The summed E-state index contributed by atoms with van der Waals surface area (Å²) >= 11 is 0. The minimum Gasteiger partial charge on any atom is -0.491 e. The summed E-state index contributed by atoms with van der Waals surface area (Å²) in [4.78, 5) is 16.3. The number of pyridine rings is 1. The van der Waals surface area contributed by atoms with Crippen LogP contribution in [0.3, 0.4) is 0 Å². The number of carbonyl (C=O) groups excluding carboxylic acids is 1. The second-order valence-electron chi connectivity index (χ2n) is 8.79. The minimum absolute atomic E-state index is 0.141. The zero-order valence-corrected chi connectivity index (χ0v) is 20.8. The maximum atomic E-state index is 14.3. The molecule has 2 aromatic heterocycles. The van der Waals surface area contributed by atoms with E-state index in [1.54, 1.807) is 22.6 Å². The summed E-state index contributed by atoms with van der Waals surface area (Å²) in [6, 6.07) is 12.1. The topological polar surface area (TPSA) is 131 Å². The highest BCUT2D eigenvalue weighted by atomic mass is 19.1. The van der Waals surface area contributed by atoms with Gasteiger partial charge in [-0.25, -0.2) is 9.37 Å². The number of para-hydroxylation sites is 1. The Hall–Kier alpha value is -4.15. The molecule has 1 amide bonds. The van der Waals surface area contributed by atoms with Crippen LogP contribution in [0.2, 0.25) is 0 Å². The number of aromatic nitrogens is 2. The third kappa shape index (κ3) is 5.65. The lowest BCUT2D eigenvalue weighted by Gasteiger charge is -2.18. The molecule has 2 aromatic carbocycles. The highest BCUT2D eigenvalue weighted by molar-refractivity contribution is 5.86. The van der Waals surface area contributed by atoms with Gasteiger partial charge in [-0.1, -0.05) is 18.2 Å². The van der Waals surface area contributed by atoms with Crippen LogP contribution in [0.5, 0.6) is 11.5 Å². The Morgan fingerprint density at radius 2 is 1.86 bits per heavy atom. The van der Waals surface area contributed by atoms with Gasteiger partial charge in [-0.15, -0.1) is 0 Å². The first-order valence-corrected chi connectivity index (χ1v) is 11.7. The molecule has 0 saturated carbocycles. The van der Waals surface area contributed by atoms with E-state index in [4.69, 9.17) is 25.3 Å². The van der Waals surface area contributed by atoms with Gasteiger partial charge in [0.25, 0.3) is 5.91 Å². The van der Waals surface area contributed by atoms with Gasteiger partial charge in [-0.2, -0.15) is 0 Å². The number of fused-ring (bicyclic) bond motifs is 1. The second kappa shape index (κ2) is 10.9. The van der Waals surface area contributed by atoms with E-state index in [-0.39, 0.29) is 12.4 Å². The molecule has 0 aliphatic rings. The Morgan fingerprint density at radius 1 is 1.14 bits per heavy atom. The van der Waals surface area contributed by atoms with E-state index in [1.807, 2.05) is 39.0 Å². The normalized spacial score (nSPS) is 11.9. The first-order chi connectivity index (χ1) is 17.7. The summed E-state index contributed by atoms with van der Waals surface area (Å²) in [5, 5.41) is 22.2. The summed E-state index contributed by atoms with van der Waals surface area (Å²) in [6.45, 7) is 4.77. The number of hydrogen-bond donors (Lipinski definition) is 4. The number of rotatable bonds is 10. The van der Waals surface area contributed by atoms with Crippen LogP contribution >= 0.6 is 0 Å². The molecule has 4 aromatic rings. The molecule has 5 N–H and O–H groups in total. The molecule has 1 atom stereocenters. The monoisotopic (exact) mass is 508 g/mol. The van der Waals surface area contributed by atoms with Crippen LogP contribution in [-0.4, -0.2) is 51.4 Å². The summed E-state index contributed by atoms with van der Waals surface area (Å²) < 4.78 is 27.3. The van der Waals surface area contributed by atoms with Crippen molar-refractivity contribution in [2.75, 3.05) is 25.1 Å². The smallest absolute Gasteiger partial charge is 0.255 e. The van der Waals surface area contributed by atoms with Crippen LogP contribution in [-0.2, 0) is 4.79 Å². The van der Waals surface area contributed by atoms with Crippen molar-refractivity contribution in [3.63, 3.8) is 0 Å². The molecule has 0 saturated heterocycles. The largest absolute Gasteiger partial charge is 0.491 e. The van der Waals surface area contributed by atoms with Crippen molar-refractivity contribution in [1.29, 1.82) is 0 Å². The third-order valence-corrected chi connectivity index (χ3v) is 5.84. The number of nitrogens with two attached hydrogens (primary N) is 1. The fourth-order valence-electron chi connectivity index (χ4n) is 4.06. The number of aliphatic hydroxyl groups is 2. The number of carbonyl (C=O) groups is 1. The number of nitrogens with one attached hydrogen (secondary N) is 1. The van der Waals surface area contributed by atoms with E-state index in [1.165, 1.54) is 12.3 Å². The van der Waals surface area contributed by atoms with Gasteiger partial charge in [0.05, 0.1) is 6.61 Å². The lowest BCUT2D eigenvalue weighted by molar-refractivity contribution is -0.119. The fourth-order valence-corrected chi connectivity index (χ4v) is 4.06. The van der Waals surface area contributed by atoms with Crippen molar-refractivity contribution < 1.29 is 28.9 Å². The van der Waals surface area contributed by atoms with Gasteiger partial charge in [-0.3, -0.25) is 9.20 Å². The van der Waals surface area contributed by atoms with E-state index in [9.17, 15) is 14.3 Å². The Labute approximate surface area is 213 Å². The van der Waals surface area contributed by atoms with Crippen LogP contribution in [0.4, 0.5) is 15.9 Å². The molecular weight excluding hydrogens is 479 g/mol. The minimum atomic E-state index is -1.06. The molecule has 0 bridgehead atoms. The molecule has 194 valence electrons. The average Bonchev–Trinajstić information content (AvgIpc) is 3.20. The number of aliphatic hydroxyl groups excluding tert-OH is 2. The molecule has 0 fully saturated rings. The molecule has 10 heteroatoms. The van der Waals surface area contributed by atoms with Gasteiger partial charge in [0, 0.05) is 23.5 Å². The molecule has 37 heavy (non-hydrogen) atoms. The van der Waals surface area contributed by atoms with Crippen LogP contribution in [0.25, 0.3) is 16.9 Å². The molecule has 9 nitrogen and oxygen atoms in total. The van der Waals surface area contributed by atoms with Gasteiger partial charge < -0.3 is 30.7 Å². The van der Waals surface area contributed by atoms with Crippen molar-refractivity contribution in [3.8, 4) is 22.8 Å². The number of hydrogen-bond acceptors (Lipinski definition) is 7. The quantitative estimate of drug-likeness (QED) is 0.258. The Morgan fingerprint density at radius 3 is 2.54 bits per heavy atom. The number of ether oxygens (including phenoxy) is 2. The number of imidazole rings is 1. The van der Waals surface area contributed by atoms with E-state index in [0.29, 0.717) is 34.0 Å². The molecule has 0 spiro atoms. The number of amides is 1. The Balaban J connectivity index is 1.91. The predicted octanol–water partition coefficient (Wildman–Crippen LogP) is 3.41. The fraction of sp³-hybridized carbons (Fsp3) is 0.259. The number of nitrogens with zero attached hydrogens (tertiary/aromatic N) is 2. The van der Waals surface area contributed by atoms with Crippen LogP contribution in [0.1, 0.15) is 16.7 Å². The summed E-state index contributed by atoms with van der Waals surface area (Å²) in [5.74, 6) is 0.0157. The molecule has 1 unspecified atom stereocenters. The number of primary amides is 1. The average molecular weight is 509 g/mol. The van der Waals surface area contributed by atoms with Crippen molar-refractivity contribution in [1.82, 2.24) is 9.38 Å². The summed E-state index contributed by atoms with van der Waals surface area (Å²) in [7, 11) is 0. The van der Waals surface area contributed by atoms with E-state index < -0.39 is 31.0 Å². The molecule has 0 aliphatic carbocycles. The predicted molar refractivity (Wildman–Crippen MR) is 138 cm³/mol. The molecule has 4 rings (SSSR count). The van der Waals surface area contributed by atoms with Gasteiger partial charge in [0.1, 0.15) is 47.2 Å². The molecule has 0 radical (unpaired) electrons. The molecule has 0 aliphatic heterocycles. The van der Waals surface area contributed by atoms with Gasteiger partial charge in [0.2, 0.25) is 0 Å². The van der Waals surface area contributed by atoms with E-state index in [2.05, 4.69) is 5.32 Å². The van der Waals surface area contributed by atoms with E-state index in [0.717, 1.165) is 16.8 Å². The van der Waals surface area contributed by atoms with Crippen molar-refractivity contribution in [2.45, 2.75) is 26.9 Å². The standard InChI is InChI=1S/C27H29FN4O5/c1-15-5-4-6-16(2)25(15)31-27-26(30-23-8-7-18(28)11-32(23)27)24-17(3)9-20(36-13-19(34)12-33)10-21(24)37-14-22(29)35/h4-11,19,31,33-34H,12-14H2,1-3H3,(H2,29,35). The highest BCUT2D eigenvalue weighted by Crippen LogP contribution is 2.42. The summed E-state index contributed by atoms with van der Waals surface area (Å²) in [6.07, 6.45) is 0.283. The van der Waals surface area contributed by atoms with Gasteiger partial charge in [0.15, 0.2) is 6.61 Å². The lowest BCUT2D eigenvalue weighted by atomic mass is 10.0.